The molecule has 0 saturated carbocycles. The highest BCUT2D eigenvalue weighted by molar-refractivity contribution is 6.46. The number of carbonyl (C=O) groups excluding carboxylic acids is 2. The van der Waals surface area contributed by atoms with Gasteiger partial charge in [0.2, 0.25) is 0 Å². The van der Waals surface area contributed by atoms with Crippen LogP contribution in [-0.2, 0) is 14.3 Å². The van der Waals surface area contributed by atoms with Crippen molar-refractivity contribution in [3.8, 4) is 17.2 Å². The number of rotatable bonds is 11. The van der Waals surface area contributed by atoms with Crippen molar-refractivity contribution < 1.29 is 38.7 Å². The Balaban J connectivity index is 2.09. The van der Waals surface area contributed by atoms with Crippen molar-refractivity contribution in [2.45, 2.75) is 13.0 Å². The number of ketones is 1. The largest absolute Gasteiger partial charge is 0.507 e. The van der Waals surface area contributed by atoms with Crippen LogP contribution in [-0.4, -0.2) is 74.0 Å². The average molecular weight is 472 g/mol. The molecule has 2 N–H and O–H groups in total. The molecular weight excluding hydrogens is 442 g/mol. The lowest BCUT2D eigenvalue weighted by Crippen LogP contribution is -2.33. The van der Waals surface area contributed by atoms with Crippen molar-refractivity contribution in [1.82, 2.24) is 4.90 Å². The molecule has 1 fully saturated rings. The lowest BCUT2D eigenvalue weighted by atomic mass is 9.95. The van der Waals surface area contributed by atoms with Crippen LogP contribution in [0.2, 0.25) is 0 Å². The molecule has 1 heterocycles. The van der Waals surface area contributed by atoms with Crippen molar-refractivity contribution in [3.63, 3.8) is 0 Å². The number of Topliss-reactive ketones (excluding diaryl/α,β-unsaturated/α-hetero) is 1. The summed E-state index contributed by atoms with van der Waals surface area (Å²) in [4.78, 5) is 27.4. The molecule has 1 saturated heterocycles. The highest BCUT2D eigenvalue weighted by atomic mass is 16.5. The van der Waals surface area contributed by atoms with E-state index < -0.39 is 17.7 Å². The summed E-state index contributed by atoms with van der Waals surface area (Å²) < 4.78 is 21.5. The summed E-state index contributed by atoms with van der Waals surface area (Å²) in [5.74, 6) is -0.311. The molecule has 1 atom stereocenters. The van der Waals surface area contributed by atoms with Crippen LogP contribution < -0.4 is 14.2 Å². The molecule has 2 aromatic rings. The predicted octanol–water partition coefficient (Wildman–Crippen LogP) is 2.53. The molecule has 2 aromatic carbocycles. The van der Waals surface area contributed by atoms with Gasteiger partial charge in [-0.25, -0.2) is 0 Å². The van der Waals surface area contributed by atoms with E-state index in [1.807, 2.05) is 6.92 Å². The number of nitrogens with zero attached hydrogens (tertiary/aromatic N) is 1. The molecular formula is C25H29NO8. The van der Waals surface area contributed by atoms with Crippen molar-refractivity contribution in [2.24, 2.45) is 0 Å². The number of carbonyl (C=O) groups is 2. The van der Waals surface area contributed by atoms with Gasteiger partial charge in [0, 0.05) is 12.1 Å². The van der Waals surface area contributed by atoms with Crippen LogP contribution in [0.5, 0.6) is 17.2 Å². The van der Waals surface area contributed by atoms with E-state index in [9.17, 15) is 14.7 Å². The molecule has 9 nitrogen and oxygen atoms in total. The SMILES string of the molecule is CCOc1ccc(C(O)=C2C(=O)C(=O)N(CCOCCO)[C@H]2c2ccc(OC)c(OC)c2)cc1. The Morgan fingerprint density at radius 3 is 2.32 bits per heavy atom. The number of ether oxygens (including phenoxy) is 4. The molecule has 182 valence electrons. The lowest BCUT2D eigenvalue weighted by molar-refractivity contribution is -0.140. The molecule has 1 aliphatic heterocycles. The van der Waals surface area contributed by atoms with Crippen LogP contribution in [0.4, 0.5) is 0 Å². The Kier molecular flexibility index (Phi) is 8.50. The minimum Gasteiger partial charge on any atom is -0.507 e. The Morgan fingerprint density at radius 2 is 1.71 bits per heavy atom. The number of amides is 1. The normalized spacial score (nSPS) is 17.2. The number of aliphatic hydroxyl groups excluding tert-OH is 2. The van der Waals surface area contributed by atoms with Crippen LogP contribution in [0.15, 0.2) is 48.0 Å². The molecule has 1 aliphatic rings. The van der Waals surface area contributed by atoms with E-state index in [0.717, 1.165) is 0 Å². The fraction of sp³-hybridized carbons (Fsp3) is 0.360. The van der Waals surface area contributed by atoms with Gasteiger partial charge in [0.25, 0.3) is 11.7 Å². The third-order valence-corrected chi connectivity index (χ3v) is 5.41. The van der Waals surface area contributed by atoms with Gasteiger partial charge >= 0.3 is 0 Å². The third-order valence-electron chi connectivity index (χ3n) is 5.41. The average Bonchev–Trinajstić information content (AvgIpc) is 3.11. The maximum Gasteiger partial charge on any atom is 0.295 e. The second kappa shape index (κ2) is 11.5. The Hall–Kier alpha value is -3.56. The van der Waals surface area contributed by atoms with Gasteiger partial charge in [0.15, 0.2) is 11.5 Å². The molecule has 0 radical (unpaired) electrons. The molecule has 1 amide bonds. The highest BCUT2D eigenvalue weighted by Gasteiger charge is 2.46. The van der Waals surface area contributed by atoms with Crippen molar-refractivity contribution in [2.75, 3.05) is 47.2 Å². The summed E-state index contributed by atoms with van der Waals surface area (Å²) in [5, 5.41) is 20.1. The van der Waals surface area contributed by atoms with Crippen LogP contribution in [0.1, 0.15) is 24.1 Å². The van der Waals surface area contributed by atoms with Gasteiger partial charge in [0.05, 0.1) is 52.3 Å². The van der Waals surface area contributed by atoms with Crippen LogP contribution in [0, 0.1) is 0 Å². The quantitative estimate of drug-likeness (QED) is 0.222. The Bertz CT molecular complexity index is 1050. The number of hydrogen-bond acceptors (Lipinski definition) is 8. The predicted molar refractivity (Wildman–Crippen MR) is 124 cm³/mol. The molecule has 0 spiro atoms. The minimum atomic E-state index is -0.871. The zero-order chi connectivity index (χ0) is 24.7. The number of aliphatic hydroxyl groups is 2. The third kappa shape index (κ3) is 5.16. The van der Waals surface area contributed by atoms with E-state index in [0.29, 0.717) is 35.0 Å². The maximum absolute atomic E-state index is 13.1. The van der Waals surface area contributed by atoms with Gasteiger partial charge < -0.3 is 34.1 Å². The molecule has 3 rings (SSSR count). The van der Waals surface area contributed by atoms with E-state index in [4.69, 9.17) is 24.1 Å². The van der Waals surface area contributed by atoms with Crippen molar-refractivity contribution in [3.05, 3.63) is 59.2 Å². The van der Waals surface area contributed by atoms with Gasteiger partial charge in [-0.1, -0.05) is 6.07 Å². The number of methoxy groups -OCH3 is 2. The summed E-state index contributed by atoms with van der Waals surface area (Å²) in [6, 6.07) is 10.8. The van der Waals surface area contributed by atoms with Crippen LogP contribution in [0.25, 0.3) is 5.76 Å². The summed E-state index contributed by atoms with van der Waals surface area (Å²) in [5.41, 5.74) is 0.901. The Labute approximate surface area is 198 Å². The number of benzene rings is 2. The second-order valence-electron chi connectivity index (χ2n) is 7.40. The van der Waals surface area contributed by atoms with E-state index in [-0.39, 0.29) is 37.7 Å². The molecule has 34 heavy (non-hydrogen) atoms. The van der Waals surface area contributed by atoms with Gasteiger partial charge in [-0.15, -0.1) is 0 Å². The first kappa shape index (κ1) is 25.1. The zero-order valence-electron chi connectivity index (χ0n) is 19.4. The van der Waals surface area contributed by atoms with Crippen molar-refractivity contribution in [1.29, 1.82) is 0 Å². The number of likely N-dealkylation sites (tertiary alicyclic amines) is 1. The lowest BCUT2D eigenvalue weighted by Gasteiger charge is -2.26. The fourth-order valence-corrected chi connectivity index (χ4v) is 3.84. The van der Waals surface area contributed by atoms with E-state index in [1.54, 1.807) is 42.5 Å². The summed E-state index contributed by atoms with van der Waals surface area (Å²) in [6.45, 7) is 2.51. The molecule has 0 bridgehead atoms. The fourth-order valence-electron chi connectivity index (χ4n) is 3.84. The highest BCUT2D eigenvalue weighted by Crippen LogP contribution is 2.41. The summed E-state index contributed by atoms with van der Waals surface area (Å²) in [7, 11) is 3.00. The monoisotopic (exact) mass is 471 g/mol. The summed E-state index contributed by atoms with van der Waals surface area (Å²) >= 11 is 0. The van der Waals surface area contributed by atoms with E-state index in [1.165, 1.54) is 19.1 Å². The van der Waals surface area contributed by atoms with Crippen molar-refractivity contribution >= 4 is 17.4 Å². The minimum absolute atomic E-state index is 0.0384. The van der Waals surface area contributed by atoms with Gasteiger partial charge in [-0.3, -0.25) is 9.59 Å². The number of hydrogen-bond donors (Lipinski definition) is 2. The van der Waals surface area contributed by atoms with Crippen LogP contribution >= 0.6 is 0 Å². The zero-order valence-corrected chi connectivity index (χ0v) is 19.4. The first-order valence-corrected chi connectivity index (χ1v) is 10.9. The van der Waals surface area contributed by atoms with Gasteiger partial charge in [0.1, 0.15) is 11.5 Å². The first-order valence-electron chi connectivity index (χ1n) is 10.9. The maximum atomic E-state index is 13.1. The van der Waals surface area contributed by atoms with Gasteiger partial charge in [-0.05, 0) is 48.9 Å². The van der Waals surface area contributed by atoms with E-state index in [2.05, 4.69) is 0 Å². The smallest absolute Gasteiger partial charge is 0.295 e. The molecule has 0 aromatic heterocycles. The second-order valence-corrected chi connectivity index (χ2v) is 7.40. The van der Waals surface area contributed by atoms with E-state index >= 15 is 0 Å². The molecule has 9 heteroatoms. The molecule has 0 unspecified atom stereocenters. The summed E-state index contributed by atoms with van der Waals surface area (Å²) in [6.07, 6.45) is 0. The topological polar surface area (TPSA) is 115 Å². The van der Waals surface area contributed by atoms with Crippen LogP contribution in [0.3, 0.4) is 0 Å². The van der Waals surface area contributed by atoms with Gasteiger partial charge in [-0.2, -0.15) is 0 Å². The Morgan fingerprint density at radius 1 is 1.00 bits per heavy atom. The molecule has 0 aliphatic carbocycles. The standard InChI is InChI=1S/C25H29NO8/c1-4-34-18-8-5-16(6-9-18)23(28)21-22(17-7-10-19(31-2)20(15-17)32-3)26(25(30)24(21)29)11-13-33-14-12-27/h5-10,15,22,27-28H,4,11-14H2,1-3H3/t22-/m0/s1. The first-order chi connectivity index (χ1) is 16.5.